The Morgan fingerprint density at radius 1 is 1.41 bits per heavy atom. The van der Waals surface area contributed by atoms with Crippen LogP contribution in [0.15, 0.2) is 4.79 Å². The molecule has 1 N–H and O–H groups in total. The molecule has 22 heavy (non-hydrogen) atoms. The van der Waals surface area contributed by atoms with E-state index >= 15 is 0 Å². The fourth-order valence-electron chi connectivity index (χ4n) is 1.78. The summed E-state index contributed by atoms with van der Waals surface area (Å²) in [4.78, 5) is 24.2. The predicted octanol–water partition coefficient (Wildman–Crippen LogP) is 0.786. The van der Waals surface area contributed by atoms with Crippen molar-refractivity contribution in [3.8, 4) is 12.1 Å². The molecule has 1 atom stereocenters. The molecule has 7 nitrogen and oxygen atoms in total. The second-order valence-corrected chi connectivity index (χ2v) is 5.68. The highest BCUT2D eigenvalue weighted by Gasteiger charge is 2.30. The van der Waals surface area contributed by atoms with Gasteiger partial charge in [0.05, 0.1) is 11.8 Å². The maximum atomic E-state index is 12.1. The second kappa shape index (κ2) is 6.40. The van der Waals surface area contributed by atoms with E-state index in [1.807, 2.05) is 19.9 Å². The van der Waals surface area contributed by atoms with Crippen LogP contribution in [0.1, 0.15) is 37.6 Å². The molecule has 1 heterocycles. The number of nitrogens with zero attached hydrogens (tertiary/aromatic N) is 4. The van der Waals surface area contributed by atoms with Crippen molar-refractivity contribution in [3.05, 3.63) is 27.2 Å². The fraction of sp³-hybridized carbons (Fsp3) is 0.533. The third-order valence-corrected chi connectivity index (χ3v) is 3.83. The molecule has 0 radical (unpaired) electrons. The first-order valence-electron chi connectivity index (χ1n) is 6.87. The molecule has 0 bridgehead atoms. The van der Waals surface area contributed by atoms with E-state index in [0.717, 1.165) is 4.68 Å². The van der Waals surface area contributed by atoms with Gasteiger partial charge < -0.3 is 5.32 Å². The molecule has 0 unspecified atom stereocenters. The smallest absolute Gasteiger partial charge is 0.285 e. The van der Waals surface area contributed by atoms with Crippen LogP contribution in [0, 0.1) is 42.4 Å². The summed E-state index contributed by atoms with van der Waals surface area (Å²) in [5.74, 6) is -0.597. The van der Waals surface area contributed by atoms with Crippen molar-refractivity contribution in [3.63, 3.8) is 0 Å². The highest BCUT2D eigenvalue weighted by Crippen LogP contribution is 2.15. The zero-order valence-corrected chi connectivity index (χ0v) is 13.4. The molecular formula is C15H19N5O2. The van der Waals surface area contributed by atoms with E-state index in [1.165, 1.54) is 0 Å². The average molecular weight is 301 g/mol. The Kier molecular flexibility index (Phi) is 5.06. The molecule has 0 aliphatic heterocycles. The fourth-order valence-corrected chi connectivity index (χ4v) is 1.78. The maximum Gasteiger partial charge on any atom is 0.285 e. The van der Waals surface area contributed by atoms with E-state index in [4.69, 9.17) is 5.26 Å². The molecule has 1 amide bonds. The number of carbonyl (C=O) groups is 1. The van der Waals surface area contributed by atoms with Crippen LogP contribution in [-0.2, 0) is 11.3 Å². The number of rotatable bonds is 4. The van der Waals surface area contributed by atoms with Crippen LogP contribution in [0.2, 0.25) is 0 Å². The van der Waals surface area contributed by atoms with Crippen LogP contribution in [0.3, 0.4) is 0 Å². The number of aromatic nitrogens is 2. The lowest BCUT2D eigenvalue weighted by Crippen LogP contribution is -2.50. The van der Waals surface area contributed by atoms with Gasteiger partial charge in [-0.25, -0.2) is 4.68 Å². The summed E-state index contributed by atoms with van der Waals surface area (Å²) in [7, 11) is 0. The second-order valence-electron chi connectivity index (χ2n) is 5.68. The molecule has 0 saturated carbocycles. The zero-order valence-electron chi connectivity index (χ0n) is 13.4. The molecule has 0 spiro atoms. The number of carbonyl (C=O) groups excluding carboxylic acids is 1. The Morgan fingerprint density at radius 3 is 2.45 bits per heavy atom. The minimum atomic E-state index is -1.03. The van der Waals surface area contributed by atoms with E-state index < -0.39 is 17.0 Å². The van der Waals surface area contributed by atoms with Crippen molar-refractivity contribution in [1.82, 2.24) is 15.1 Å². The third kappa shape index (κ3) is 3.32. The molecule has 0 aliphatic rings. The van der Waals surface area contributed by atoms with Gasteiger partial charge in [0.15, 0.2) is 0 Å². The summed E-state index contributed by atoms with van der Waals surface area (Å²) in [6.45, 7) is 8.22. The van der Waals surface area contributed by atoms with E-state index in [-0.39, 0.29) is 18.0 Å². The van der Waals surface area contributed by atoms with Crippen LogP contribution in [0.25, 0.3) is 0 Å². The Hall–Kier alpha value is -2.67. The number of hydrogen-bond donors (Lipinski definition) is 1. The van der Waals surface area contributed by atoms with Crippen LogP contribution in [-0.4, -0.2) is 21.2 Å². The van der Waals surface area contributed by atoms with E-state index in [0.29, 0.717) is 11.3 Å². The van der Waals surface area contributed by atoms with Gasteiger partial charge in [-0.05, 0) is 32.3 Å². The molecule has 7 heteroatoms. The minimum Gasteiger partial charge on any atom is -0.336 e. The maximum absolute atomic E-state index is 12.1. The summed E-state index contributed by atoms with van der Waals surface area (Å²) < 4.78 is 0.953. The first kappa shape index (κ1) is 17.4. The van der Waals surface area contributed by atoms with Gasteiger partial charge in [0.1, 0.15) is 23.7 Å². The summed E-state index contributed by atoms with van der Waals surface area (Å²) in [5.41, 5.74) is -0.640. The summed E-state index contributed by atoms with van der Waals surface area (Å²) in [6, 6.07) is 3.90. The standard InChI is InChI=1S/C15H19N5O2/c1-9(2)15(5,8-17)18-13(21)7-20-14(22)12(6-16)10(3)11(4)19-20/h9H,7H2,1-5H3,(H,18,21)/t15-/m0/s1. The van der Waals surface area contributed by atoms with Gasteiger partial charge in [-0.1, -0.05) is 13.8 Å². The Morgan fingerprint density at radius 2 is 2.00 bits per heavy atom. The van der Waals surface area contributed by atoms with Crippen molar-refractivity contribution >= 4 is 5.91 Å². The average Bonchev–Trinajstić information content (AvgIpc) is 2.45. The highest BCUT2D eigenvalue weighted by atomic mass is 16.2. The van der Waals surface area contributed by atoms with Crippen molar-refractivity contribution in [2.75, 3.05) is 0 Å². The van der Waals surface area contributed by atoms with Gasteiger partial charge in [-0.2, -0.15) is 15.6 Å². The number of aryl methyl sites for hydroxylation is 1. The monoisotopic (exact) mass is 301 g/mol. The largest absolute Gasteiger partial charge is 0.336 e. The van der Waals surface area contributed by atoms with Crippen molar-refractivity contribution in [1.29, 1.82) is 10.5 Å². The molecule has 0 aromatic carbocycles. The Bertz CT molecular complexity index is 736. The van der Waals surface area contributed by atoms with Gasteiger partial charge in [0.2, 0.25) is 5.91 Å². The first-order chi connectivity index (χ1) is 10.2. The molecule has 1 rings (SSSR count). The number of nitriles is 2. The van der Waals surface area contributed by atoms with Gasteiger partial charge in [-0.3, -0.25) is 9.59 Å². The molecule has 0 fully saturated rings. The number of hydrogen-bond acceptors (Lipinski definition) is 5. The highest BCUT2D eigenvalue weighted by molar-refractivity contribution is 5.77. The minimum absolute atomic E-state index is 0.0211. The third-order valence-electron chi connectivity index (χ3n) is 3.83. The Balaban J connectivity index is 3.10. The Labute approximate surface area is 129 Å². The molecule has 1 aromatic heterocycles. The predicted molar refractivity (Wildman–Crippen MR) is 79.7 cm³/mol. The van der Waals surface area contributed by atoms with Gasteiger partial charge in [-0.15, -0.1) is 0 Å². The number of nitrogens with one attached hydrogen (secondary N) is 1. The van der Waals surface area contributed by atoms with Crippen molar-refractivity contribution in [2.45, 2.75) is 46.7 Å². The van der Waals surface area contributed by atoms with Gasteiger partial charge in [0.25, 0.3) is 5.56 Å². The SMILES string of the molecule is Cc1nn(CC(=O)N[C@@](C)(C#N)C(C)C)c(=O)c(C#N)c1C. The lowest BCUT2D eigenvalue weighted by molar-refractivity contribution is -0.123. The van der Waals surface area contributed by atoms with Crippen LogP contribution < -0.4 is 10.9 Å². The molecule has 116 valence electrons. The lowest BCUT2D eigenvalue weighted by atomic mass is 9.90. The van der Waals surface area contributed by atoms with Gasteiger partial charge in [0, 0.05) is 0 Å². The summed E-state index contributed by atoms with van der Waals surface area (Å²) >= 11 is 0. The molecule has 1 aromatic rings. The van der Waals surface area contributed by atoms with Crippen LogP contribution in [0.4, 0.5) is 0 Å². The van der Waals surface area contributed by atoms with E-state index in [1.54, 1.807) is 20.8 Å². The first-order valence-corrected chi connectivity index (χ1v) is 6.87. The summed E-state index contributed by atoms with van der Waals surface area (Å²) in [5, 5.41) is 24.9. The lowest BCUT2D eigenvalue weighted by Gasteiger charge is -2.27. The quantitative estimate of drug-likeness (QED) is 0.883. The molecular weight excluding hydrogens is 282 g/mol. The molecule has 0 saturated heterocycles. The van der Waals surface area contributed by atoms with Crippen molar-refractivity contribution in [2.24, 2.45) is 5.92 Å². The van der Waals surface area contributed by atoms with Crippen LogP contribution >= 0.6 is 0 Å². The summed E-state index contributed by atoms with van der Waals surface area (Å²) in [6.07, 6.45) is 0. The van der Waals surface area contributed by atoms with Gasteiger partial charge >= 0.3 is 0 Å². The molecule has 0 aliphatic carbocycles. The van der Waals surface area contributed by atoms with Crippen LogP contribution in [0.5, 0.6) is 0 Å². The van der Waals surface area contributed by atoms with E-state index in [2.05, 4.69) is 16.5 Å². The topological polar surface area (TPSA) is 112 Å². The zero-order chi connectivity index (χ0) is 17.1. The normalized spacial score (nSPS) is 13.1. The number of amides is 1. The van der Waals surface area contributed by atoms with Crippen molar-refractivity contribution < 1.29 is 4.79 Å². The van der Waals surface area contributed by atoms with E-state index in [9.17, 15) is 14.9 Å².